The molecule has 0 aliphatic rings. The number of rotatable bonds is 2. The molecule has 0 nitrogen and oxygen atoms in total. The number of benzene rings is 2. The first-order valence-corrected chi connectivity index (χ1v) is 6.54. The van der Waals surface area contributed by atoms with E-state index in [0.717, 1.165) is 0 Å². The van der Waals surface area contributed by atoms with E-state index in [1.165, 1.54) is 26.4 Å². The van der Waals surface area contributed by atoms with E-state index >= 15 is 0 Å². The van der Waals surface area contributed by atoms with Gasteiger partial charge in [-0.25, -0.2) is 0 Å². The number of thiophene rings is 1. The Morgan fingerprint density at radius 1 is 0.882 bits per heavy atom. The zero-order chi connectivity index (χ0) is 11.7. The summed E-state index contributed by atoms with van der Waals surface area (Å²) in [7, 11) is 0. The molecule has 0 saturated heterocycles. The molecule has 0 amide bonds. The van der Waals surface area contributed by atoms with Gasteiger partial charge in [0.1, 0.15) is 0 Å². The Hall–Kier alpha value is -1.60. The van der Waals surface area contributed by atoms with Crippen molar-refractivity contribution in [1.82, 2.24) is 0 Å². The zero-order valence-electron chi connectivity index (χ0n) is 9.68. The number of fused-ring (bicyclic) bond motifs is 1. The lowest BCUT2D eigenvalue weighted by Crippen LogP contribution is -1.92. The minimum Gasteiger partial charge on any atom is -0.139 e. The standard InChI is InChI=1S/C16H13S/c1-12(13-7-3-2-4-8-13)16-11-14-9-5-6-10-15(14)17-16/h2-11H,1H3. The van der Waals surface area contributed by atoms with E-state index in [1.807, 2.05) is 11.3 Å². The van der Waals surface area contributed by atoms with Crippen LogP contribution in [0.25, 0.3) is 10.1 Å². The van der Waals surface area contributed by atoms with Crippen LogP contribution in [0.1, 0.15) is 17.4 Å². The Morgan fingerprint density at radius 2 is 1.59 bits per heavy atom. The highest BCUT2D eigenvalue weighted by molar-refractivity contribution is 7.19. The number of hydrogen-bond acceptors (Lipinski definition) is 1. The Morgan fingerprint density at radius 3 is 2.35 bits per heavy atom. The summed E-state index contributed by atoms with van der Waals surface area (Å²) >= 11 is 1.86. The smallest absolute Gasteiger partial charge is 0.0411 e. The van der Waals surface area contributed by atoms with E-state index in [2.05, 4.69) is 67.6 Å². The van der Waals surface area contributed by atoms with Gasteiger partial charge < -0.3 is 0 Å². The van der Waals surface area contributed by atoms with Gasteiger partial charge in [0.05, 0.1) is 0 Å². The van der Waals surface area contributed by atoms with Gasteiger partial charge in [-0.15, -0.1) is 11.3 Å². The van der Waals surface area contributed by atoms with E-state index in [9.17, 15) is 0 Å². The minimum absolute atomic E-state index is 1.30. The molecule has 1 heteroatoms. The Balaban J connectivity index is 2.04. The molecule has 0 bridgehead atoms. The molecule has 2 aromatic carbocycles. The largest absolute Gasteiger partial charge is 0.139 e. The average molecular weight is 237 g/mol. The average Bonchev–Trinajstić information content (AvgIpc) is 2.82. The highest BCUT2D eigenvalue weighted by Crippen LogP contribution is 2.33. The van der Waals surface area contributed by atoms with Crippen molar-refractivity contribution in [2.75, 3.05) is 0 Å². The van der Waals surface area contributed by atoms with Crippen molar-refractivity contribution in [1.29, 1.82) is 0 Å². The van der Waals surface area contributed by atoms with Crippen LogP contribution in [0, 0.1) is 5.92 Å². The van der Waals surface area contributed by atoms with Crippen LogP contribution in [0.4, 0.5) is 0 Å². The second-order valence-electron chi connectivity index (χ2n) is 4.14. The van der Waals surface area contributed by atoms with Crippen molar-refractivity contribution in [2.45, 2.75) is 6.92 Å². The van der Waals surface area contributed by atoms with Crippen LogP contribution in [0.15, 0.2) is 60.7 Å². The fraction of sp³-hybridized carbons (Fsp3) is 0.0625. The van der Waals surface area contributed by atoms with Crippen LogP contribution in [0.5, 0.6) is 0 Å². The molecule has 0 aliphatic carbocycles. The third-order valence-electron chi connectivity index (χ3n) is 3.00. The third kappa shape index (κ3) is 1.98. The van der Waals surface area contributed by atoms with Gasteiger partial charge in [-0.05, 0) is 30.0 Å². The molecule has 0 N–H and O–H groups in total. The van der Waals surface area contributed by atoms with Gasteiger partial charge in [0.2, 0.25) is 0 Å². The first-order chi connectivity index (χ1) is 8.34. The fourth-order valence-electron chi connectivity index (χ4n) is 2.00. The van der Waals surface area contributed by atoms with Crippen LogP contribution in [-0.2, 0) is 0 Å². The second kappa shape index (κ2) is 4.34. The second-order valence-corrected chi connectivity index (χ2v) is 5.22. The van der Waals surface area contributed by atoms with E-state index in [0.29, 0.717) is 0 Å². The Kier molecular flexibility index (Phi) is 2.69. The molecule has 17 heavy (non-hydrogen) atoms. The SMILES string of the molecule is C[C](c1ccccc1)c1cc2ccccc2s1. The predicted octanol–water partition coefficient (Wildman–Crippen LogP) is 4.89. The molecule has 1 aromatic heterocycles. The van der Waals surface area contributed by atoms with Crippen LogP contribution in [0.3, 0.4) is 0 Å². The molecular formula is C16H13S. The third-order valence-corrected chi connectivity index (χ3v) is 4.24. The van der Waals surface area contributed by atoms with Crippen molar-refractivity contribution in [2.24, 2.45) is 0 Å². The van der Waals surface area contributed by atoms with Crippen molar-refractivity contribution in [3.05, 3.63) is 77.0 Å². The maximum atomic E-state index is 2.28. The molecule has 0 atom stereocenters. The first kappa shape index (κ1) is 10.5. The lowest BCUT2D eigenvalue weighted by Gasteiger charge is -2.07. The van der Waals surface area contributed by atoms with Crippen LogP contribution >= 0.6 is 11.3 Å². The van der Waals surface area contributed by atoms with Gasteiger partial charge in [-0.3, -0.25) is 0 Å². The van der Waals surface area contributed by atoms with Crippen molar-refractivity contribution in [3.63, 3.8) is 0 Å². The molecule has 0 spiro atoms. The van der Waals surface area contributed by atoms with Gasteiger partial charge in [0, 0.05) is 15.5 Å². The zero-order valence-corrected chi connectivity index (χ0v) is 10.5. The fourth-order valence-corrected chi connectivity index (χ4v) is 3.08. The maximum absolute atomic E-state index is 2.28. The van der Waals surface area contributed by atoms with Gasteiger partial charge in [-0.1, -0.05) is 48.5 Å². The summed E-state index contributed by atoms with van der Waals surface area (Å²) in [4.78, 5) is 1.36. The number of hydrogen-bond donors (Lipinski definition) is 0. The molecule has 1 heterocycles. The molecule has 0 saturated carbocycles. The van der Waals surface area contributed by atoms with Crippen LogP contribution < -0.4 is 0 Å². The highest BCUT2D eigenvalue weighted by Gasteiger charge is 2.11. The predicted molar refractivity (Wildman–Crippen MR) is 75.4 cm³/mol. The molecule has 0 aliphatic heterocycles. The lowest BCUT2D eigenvalue weighted by molar-refractivity contribution is 1.23. The van der Waals surface area contributed by atoms with Gasteiger partial charge >= 0.3 is 0 Å². The summed E-state index contributed by atoms with van der Waals surface area (Å²) in [5.74, 6) is 1.35. The maximum Gasteiger partial charge on any atom is 0.0411 e. The van der Waals surface area contributed by atoms with Crippen molar-refractivity contribution >= 4 is 21.4 Å². The molecule has 3 rings (SSSR count). The van der Waals surface area contributed by atoms with E-state index in [1.54, 1.807) is 0 Å². The molecule has 0 unspecified atom stereocenters. The summed E-state index contributed by atoms with van der Waals surface area (Å²) in [6, 6.07) is 21.4. The topological polar surface area (TPSA) is 0 Å². The Labute approximate surface area is 106 Å². The van der Waals surface area contributed by atoms with Gasteiger partial charge in [0.25, 0.3) is 0 Å². The summed E-state index contributed by atoms with van der Waals surface area (Å²) in [6.45, 7) is 2.19. The van der Waals surface area contributed by atoms with Gasteiger partial charge in [-0.2, -0.15) is 0 Å². The Bertz CT molecular complexity index is 589. The van der Waals surface area contributed by atoms with Gasteiger partial charge in [0.15, 0.2) is 0 Å². The summed E-state index contributed by atoms with van der Waals surface area (Å²) in [5, 5.41) is 1.34. The summed E-state index contributed by atoms with van der Waals surface area (Å²) in [5.41, 5.74) is 1.30. The molecular weight excluding hydrogens is 224 g/mol. The van der Waals surface area contributed by atoms with E-state index in [4.69, 9.17) is 0 Å². The van der Waals surface area contributed by atoms with Crippen LogP contribution in [0.2, 0.25) is 0 Å². The minimum atomic E-state index is 1.30. The molecule has 3 aromatic rings. The summed E-state index contributed by atoms with van der Waals surface area (Å²) in [6.07, 6.45) is 0. The summed E-state index contributed by atoms with van der Waals surface area (Å²) < 4.78 is 1.36. The van der Waals surface area contributed by atoms with Crippen molar-refractivity contribution in [3.8, 4) is 0 Å². The highest BCUT2D eigenvalue weighted by atomic mass is 32.1. The lowest BCUT2D eigenvalue weighted by atomic mass is 9.99. The molecule has 0 fully saturated rings. The van der Waals surface area contributed by atoms with Crippen LogP contribution in [-0.4, -0.2) is 0 Å². The first-order valence-electron chi connectivity index (χ1n) is 5.72. The molecule has 1 radical (unpaired) electrons. The van der Waals surface area contributed by atoms with E-state index < -0.39 is 0 Å². The normalized spacial score (nSPS) is 11.2. The monoisotopic (exact) mass is 237 g/mol. The molecule has 83 valence electrons. The quantitative estimate of drug-likeness (QED) is 0.595. The van der Waals surface area contributed by atoms with E-state index in [-0.39, 0.29) is 0 Å². The van der Waals surface area contributed by atoms with Crippen molar-refractivity contribution < 1.29 is 0 Å².